The highest BCUT2D eigenvalue weighted by atomic mass is 15.0. The highest BCUT2D eigenvalue weighted by Crippen LogP contribution is 2.42. The summed E-state index contributed by atoms with van der Waals surface area (Å²) in [6, 6.07) is 58.8. The molecule has 0 spiro atoms. The predicted octanol–water partition coefficient (Wildman–Crippen LogP) is 12.8. The van der Waals surface area contributed by atoms with Crippen molar-refractivity contribution < 1.29 is 0 Å². The molecule has 3 aromatic heterocycles. The minimum absolute atomic E-state index is 0.593. The highest BCUT2D eigenvalue weighted by Gasteiger charge is 2.22. The average molecular weight is 691 g/mol. The molecule has 0 saturated carbocycles. The molecule has 0 aliphatic carbocycles. The number of nitrogens with zero attached hydrogens (tertiary/aromatic N) is 4. The molecule has 4 nitrogen and oxygen atoms in total. The molecule has 254 valence electrons. The molecule has 0 saturated heterocycles. The molecule has 3 heterocycles. The summed E-state index contributed by atoms with van der Waals surface area (Å²) in [4.78, 5) is 4.37. The Hall–Kier alpha value is -7.22. The molecule has 0 radical (unpaired) electrons. The smallest absolute Gasteiger partial charge is 0.101 e. The van der Waals surface area contributed by atoms with E-state index in [0.717, 1.165) is 60.7 Å². The van der Waals surface area contributed by atoms with Gasteiger partial charge in [0.2, 0.25) is 0 Å². The van der Waals surface area contributed by atoms with E-state index in [0.29, 0.717) is 5.56 Å². The number of benzene rings is 7. The van der Waals surface area contributed by atoms with Crippen LogP contribution in [0.15, 0.2) is 170 Å². The first-order chi connectivity index (χ1) is 26.6. The number of rotatable bonds is 5. The first-order valence-electron chi connectivity index (χ1n) is 18.3. The zero-order valence-corrected chi connectivity index (χ0v) is 30.0. The van der Waals surface area contributed by atoms with Crippen LogP contribution in [-0.4, -0.2) is 14.1 Å². The van der Waals surface area contributed by atoms with Gasteiger partial charge in [-0.25, -0.2) is 0 Å². The van der Waals surface area contributed by atoms with Crippen LogP contribution < -0.4 is 0 Å². The Kier molecular flexibility index (Phi) is 7.28. The number of aromatic nitrogens is 3. The van der Waals surface area contributed by atoms with Crippen molar-refractivity contribution in [3.05, 3.63) is 187 Å². The van der Waals surface area contributed by atoms with Gasteiger partial charge in [0.15, 0.2) is 0 Å². The summed E-state index contributed by atoms with van der Waals surface area (Å²) in [5, 5.41) is 15.6. The minimum atomic E-state index is 0.593. The number of hydrogen-bond donors (Lipinski definition) is 0. The number of para-hydroxylation sites is 2. The quantitative estimate of drug-likeness (QED) is 0.180. The van der Waals surface area contributed by atoms with Gasteiger partial charge in [-0.15, -0.1) is 0 Å². The van der Waals surface area contributed by atoms with Crippen molar-refractivity contribution in [3.63, 3.8) is 0 Å². The lowest BCUT2D eigenvalue weighted by molar-refractivity contribution is 1.13. The van der Waals surface area contributed by atoms with E-state index in [1.54, 1.807) is 0 Å². The Bertz CT molecular complexity index is 3140. The molecule has 0 unspecified atom stereocenters. The van der Waals surface area contributed by atoms with Gasteiger partial charge in [-0.05, 0) is 102 Å². The summed E-state index contributed by atoms with van der Waals surface area (Å²) >= 11 is 0. The number of nitriles is 1. The standard InChI is InChI=1S/C50H34N4/c1-32-9-7-11-35(25-32)37-17-19-47-43(27-37)40-13-3-5-15-45(40)53(47)49-30-42(34-21-23-52-24-22-34)50(29-39(49)31-51)54-46-16-6-4-14-41(46)44-28-38(18-20-48(44)54)36-12-8-10-33(2)26-36/h3-30H,1-2H3. The number of hydrogen-bond acceptors (Lipinski definition) is 2. The Morgan fingerprint density at radius 2 is 0.926 bits per heavy atom. The SMILES string of the molecule is Cc1cccc(-c2ccc3c(c2)c2ccccc2n3-c2cc(-c3ccncc3)c(-n3c4ccccc4c4cc(-c5cccc(C)c5)ccc43)cc2C#N)c1. The van der Waals surface area contributed by atoms with Crippen LogP contribution >= 0.6 is 0 Å². The summed E-state index contributed by atoms with van der Waals surface area (Å²) in [5.74, 6) is 0. The van der Waals surface area contributed by atoms with Gasteiger partial charge in [-0.1, -0.05) is 108 Å². The van der Waals surface area contributed by atoms with Gasteiger partial charge in [0.1, 0.15) is 6.07 Å². The van der Waals surface area contributed by atoms with E-state index >= 15 is 0 Å². The van der Waals surface area contributed by atoms with Crippen LogP contribution in [0.2, 0.25) is 0 Å². The number of pyridine rings is 1. The van der Waals surface area contributed by atoms with Crippen LogP contribution in [0.4, 0.5) is 0 Å². The van der Waals surface area contributed by atoms with Crippen molar-refractivity contribution in [2.45, 2.75) is 13.8 Å². The van der Waals surface area contributed by atoms with E-state index in [-0.39, 0.29) is 0 Å². The van der Waals surface area contributed by atoms with E-state index in [1.165, 1.54) is 38.8 Å². The lowest BCUT2D eigenvalue weighted by Gasteiger charge is -2.19. The molecule has 10 aromatic rings. The molecule has 0 N–H and O–H groups in total. The summed E-state index contributed by atoms with van der Waals surface area (Å²) in [6.07, 6.45) is 3.68. The van der Waals surface area contributed by atoms with Crippen molar-refractivity contribution in [1.29, 1.82) is 5.26 Å². The predicted molar refractivity (Wildman–Crippen MR) is 223 cm³/mol. The zero-order chi connectivity index (χ0) is 36.3. The number of fused-ring (bicyclic) bond motifs is 6. The third kappa shape index (κ3) is 5.02. The molecule has 7 aromatic carbocycles. The van der Waals surface area contributed by atoms with E-state index < -0.39 is 0 Å². The van der Waals surface area contributed by atoms with Crippen LogP contribution in [0.25, 0.3) is 88.4 Å². The van der Waals surface area contributed by atoms with Crippen molar-refractivity contribution >= 4 is 43.6 Å². The highest BCUT2D eigenvalue weighted by molar-refractivity contribution is 6.12. The third-order valence-corrected chi connectivity index (χ3v) is 10.8. The first-order valence-corrected chi connectivity index (χ1v) is 18.3. The normalized spacial score (nSPS) is 11.5. The lowest BCUT2D eigenvalue weighted by atomic mass is 9.99. The van der Waals surface area contributed by atoms with E-state index in [2.05, 4.69) is 192 Å². The molecule has 0 aliphatic heterocycles. The fourth-order valence-corrected chi connectivity index (χ4v) is 8.27. The van der Waals surface area contributed by atoms with Gasteiger partial charge in [-0.3, -0.25) is 4.98 Å². The monoisotopic (exact) mass is 690 g/mol. The molecule has 0 atom stereocenters. The summed E-state index contributed by atoms with van der Waals surface area (Å²) in [7, 11) is 0. The van der Waals surface area contributed by atoms with Gasteiger partial charge >= 0.3 is 0 Å². The average Bonchev–Trinajstić information content (AvgIpc) is 3.73. The fourth-order valence-electron chi connectivity index (χ4n) is 8.27. The Morgan fingerprint density at radius 3 is 1.46 bits per heavy atom. The largest absolute Gasteiger partial charge is 0.309 e. The second kappa shape index (κ2) is 12.5. The van der Waals surface area contributed by atoms with E-state index in [4.69, 9.17) is 0 Å². The van der Waals surface area contributed by atoms with Gasteiger partial charge in [0.25, 0.3) is 0 Å². The van der Waals surface area contributed by atoms with Crippen molar-refractivity contribution in [2.24, 2.45) is 0 Å². The minimum Gasteiger partial charge on any atom is -0.309 e. The third-order valence-electron chi connectivity index (χ3n) is 10.8. The van der Waals surface area contributed by atoms with Crippen molar-refractivity contribution in [1.82, 2.24) is 14.1 Å². The molecule has 0 fully saturated rings. The van der Waals surface area contributed by atoms with Crippen LogP contribution in [-0.2, 0) is 0 Å². The van der Waals surface area contributed by atoms with Crippen LogP contribution in [0.5, 0.6) is 0 Å². The lowest BCUT2D eigenvalue weighted by Crippen LogP contribution is -2.04. The second-order valence-electron chi connectivity index (χ2n) is 14.1. The molecular formula is C50H34N4. The van der Waals surface area contributed by atoms with E-state index in [9.17, 15) is 5.26 Å². The fraction of sp³-hybridized carbons (Fsp3) is 0.0400. The van der Waals surface area contributed by atoms with Crippen LogP contribution in [0.1, 0.15) is 16.7 Å². The molecule has 4 heteroatoms. The zero-order valence-electron chi connectivity index (χ0n) is 30.0. The Morgan fingerprint density at radius 1 is 0.426 bits per heavy atom. The first kappa shape index (κ1) is 31.5. The molecule has 0 aliphatic rings. The van der Waals surface area contributed by atoms with Gasteiger partial charge < -0.3 is 9.13 Å². The summed E-state index contributed by atoms with van der Waals surface area (Å²) in [6.45, 7) is 4.26. The van der Waals surface area contributed by atoms with Crippen LogP contribution in [0.3, 0.4) is 0 Å². The molecule has 10 rings (SSSR count). The summed E-state index contributed by atoms with van der Waals surface area (Å²) < 4.78 is 4.59. The maximum Gasteiger partial charge on any atom is 0.101 e. The molecular weight excluding hydrogens is 657 g/mol. The van der Waals surface area contributed by atoms with Crippen molar-refractivity contribution in [2.75, 3.05) is 0 Å². The Balaban J connectivity index is 1.25. The number of aryl methyl sites for hydroxylation is 2. The maximum atomic E-state index is 11.0. The second-order valence-corrected chi connectivity index (χ2v) is 14.1. The maximum absolute atomic E-state index is 11.0. The topological polar surface area (TPSA) is 46.5 Å². The van der Waals surface area contributed by atoms with Gasteiger partial charge in [0, 0.05) is 39.5 Å². The van der Waals surface area contributed by atoms with Gasteiger partial charge in [0.05, 0.1) is 39.0 Å². The van der Waals surface area contributed by atoms with Crippen molar-refractivity contribution in [3.8, 4) is 50.8 Å². The Labute approximate surface area is 313 Å². The summed E-state index contributed by atoms with van der Waals surface area (Å²) in [5.41, 5.74) is 15.9. The van der Waals surface area contributed by atoms with Gasteiger partial charge in [-0.2, -0.15) is 5.26 Å². The van der Waals surface area contributed by atoms with Crippen LogP contribution in [0, 0.1) is 25.2 Å². The molecule has 0 amide bonds. The molecule has 0 bridgehead atoms. The molecule has 54 heavy (non-hydrogen) atoms. The van der Waals surface area contributed by atoms with E-state index in [1.807, 2.05) is 12.4 Å².